The van der Waals surface area contributed by atoms with Gasteiger partial charge in [0, 0.05) is 27.3 Å². The van der Waals surface area contributed by atoms with Crippen molar-refractivity contribution in [1.29, 1.82) is 0 Å². The Kier molecular flexibility index (Phi) is 8.05. The highest BCUT2D eigenvalue weighted by atomic mass is 79.9. The highest BCUT2D eigenvalue weighted by Gasteiger charge is 2.05. The Morgan fingerprint density at radius 3 is 2.74 bits per heavy atom. The van der Waals surface area contributed by atoms with Gasteiger partial charge in [0.1, 0.15) is 12.4 Å². The fourth-order valence-electron chi connectivity index (χ4n) is 1.45. The van der Waals surface area contributed by atoms with E-state index in [2.05, 4.69) is 33.4 Å². The van der Waals surface area contributed by atoms with Gasteiger partial charge in [-0.15, -0.1) is 0 Å². The van der Waals surface area contributed by atoms with Gasteiger partial charge >= 0.3 is 0 Å². The molecule has 1 unspecified atom stereocenters. The molecule has 1 aromatic carbocycles. The summed E-state index contributed by atoms with van der Waals surface area (Å²) in [6.07, 6.45) is 0.0855. The van der Waals surface area contributed by atoms with Gasteiger partial charge in [0.25, 0.3) is 0 Å². The molecule has 0 aliphatic carbocycles. The van der Waals surface area contributed by atoms with Crippen LogP contribution in [0.5, 0.6) is 5.75 Å². The molecule has 1 aromatic rings. The van der Waals surface area contributed by atoms with Crippen molar-refractivity contribution in [3.63, 3.8) is 0 Å². The summed E-state index contributed by atoms with van der Waals surface area (Å²) < 4.78 is 16.8. The molecule has 0 aliphatic rings. The van der Waals surface area contributed by atoms with Crippen molar-refractivity contribution < 1.29 is 14.2 Å². The van der Waals surface area contributed by atoms with Gasteiger partial charge in [-0.25, -0.2) is 0 Å². The van der Waals surface area contributed by atoms with Gasteiger partial charge in [0.2, 0.25) is 0 Å². The van der Waals surface area contributed by atoms with E-state index >= 15 is 0 Å². The van der Waals surface area contributed by atoms with E-state index in [-0.39, 0.29) is 6.10 Å². The van der Waals surface area contributed by atoms with Crippen LogP contribution in [0.2, 0.25) is 0 Å². The van der Waals surface area contributed by atoms with Crippen LogP contribution in [-0.2, 0) is 16.0 Å². The first-order valence-corrected chi connectivity index (χ1v) is 7.10. The summed E-state index contributed by atoms with van der Waals surface area (Å²) in [5.41, 5.74) is 1.20. The lowest BCUT2D eigenvalue weighted by molar-refractivity contribution is 0.0714. The van der Waals surface area contributed by atoms with E-state index in [4.69, 9.17) is 14.2 Å². The lowest BCUT2D eigenvalue weighted by atomic mass is 10.2. The van der Waals surface area contributed by atoms with E-state index in [9.17, 15) is 0 Å². The molecule has 108 valence electrons. The van der Waals surface area contributed by atoms with Crippen LogP contribution < -0.4 is 10.1 Å². The molecule has 0 aromatic heterocycles. The second-order valence-corrected chi connectivity index (χ2v) is 5.15. The van der Waals surface area contributed by atoms with Crippen molar-refractivity contribution in [3.8, 4) is 5.75 Å². The van der Waals surface area contributed by atoms with Crippen molar-refractivity contribution in [2.45, 2.75) is 19.6 Å². The maximum absolute atomic E-state index is 5.68. The van der Waals surface area contributed by atoms with Crippen molar-refractivity contribution in [2.24, 2.45) is 0 Å². The number of methoxy groups -OCH3 is 2. The van der Waals surface area contributed by atoms with E-state index in [1.54, 1.807) is 14.2 Å². The Hall–Kier alpha value is -0.620. The normalized spacial score (nSPS) is 12.4. The van der Waals surface area contributed by atoms with Crippen LogP contribution in [0.1, 0.15) is 12.5 Å². The molecule has 0 radical (unpaired) electrons. The van der Waals surface area contributed by atoms with Crippen molar-refractivity contribution >= 4 is 15.9 Å². The molecule has 1 rings (SSSR count). The molecule has 0 bridgehead atoms. The van der Waals surface area contributed by atoms with Crippen LogP contribution in [0.25, 0.3) is 0 Å². The predicted molar refractivity (Wildman–Crippen MR) is 79.7 cm³/mol. The van der Waals surface area contributed by atoms with Crippen molar-refractivity contribution in [2.75, 3.05) is 34.0 Å². The zero-order chi connectivity index (χ0) is 14.1. The number of nitrogens with one attached hydrogen (secondary N) is 1. The third-order valence-electron chi connectivity index (χ3n) is 2.68. The van der Waals surface area contributed by atoms with Gasteiger partial charge < -0.3 is 19.5 Å². The molecule has 19 heavy (non-hydrogen) atoms. The molecular formula is C14H22BrNO3. The number of benzene rings is 1. The minimum absolute atomic E-state index is 0.0855. The van der Waals surface area contributed by atoms with E-state index in [0.717, 1.165) is 29.9 Å². The zero-order valence-electron chi connectivity index (χ0n) is 11.7. The molecule has 0 heterocycles. The molecule has 0 aliphatic heterocycles. The molecule has 0 saturated heterocycles. The monoisotopic (exact) mass is 331 g/mol. The van der Waals surface area contributed by atoms with Gasteiger partial charge in [-0.1, -0.05) is 6.07 Å². The van der Waals surface area contributed by atoms with Crippen LogP contribution in [0.4, 0.5) is 0 Å². The van der Waals surface area contributed by atoms with Gasteiger partial charge in [-0.05, 0) is 40.5 Å². The third-order valence-corrected chi connectivity index (χ3v) is 3.30. The standard InChI is InChI=1S/C14H22BrNO3/c1-11(18-3)10-19-14-5-4-12(8-13(14)15)9-16-6-7-17-2/h4-5,8,11,16H,6-7,9-10H2,1-3H3. The fourth-order valence-corrected chi connectivity index (χ4v) is 1.99. The lowest BCUT2D eigenvalue weighted by Crippen LogP contribution is -2.18. The summed E-state index contributed by atoms with van der Waals surface area (Å²) in [6, 6.07) is 6.09. The minimum Gasteiger partial charge on any atom is -0.490 e. The van der Waals surface area contributed by atoms with Crippen LogP contribution >= 0.6 is 15.9 Å². The second kappa shape index (κ2) is 9.31. The maximum Gasteiger partial charge on any atom is 0.133 e. The van der Waals surface area contributed by atoms with Gasteiger partial charge in [-0.3, -0.25) is 0 Å². The van der Waals surface area contributed by atoms with Crippen LogP contribution in [-0.4, -0.2) is 40.1 Å². The summed E-state index contributed by atoms with van der Waals surface area (Å²) in [6.45, 7) is 4.90. The Labute approximate surface area is 123 Å². The van der Waals surface area contributed by atoms with Crippen LogP contribution in [0.3, 0.4) is 0 Å². The zero-order valence-corrected chi connectivity index (χ0v) is 13.3. The van der Waals surface area contributed by atoms with E-state index in [0.29, 0.717) is 6.61 Å². The average Bonchev–Trinajstić information content (AvgIpc) is 2.42. The molecular weight excluding hydrogens is 310 g/mol. The Morgan fingerprint density at radius 1 is 1.32 bits per heavy atom. The highest BCUT2D eigenvalue weighted by molar-refractivity contribution is 9.10. The molecule has 0 spiro atoms. The van der Waals surface area contributed by atoms with Gasteiger partial charge in [0.15, 0.2) is 0 Å². The van der Waals surface area contributed by atoms with Crippen molar-refractivity contribution in [1.82, 2.24) is 5.32 Å². The van der Waals surface area contributed by atoms with E-state index in [1.807, 2.05) is 13.0 Å². The minimum atomic E-state index is 0.0855. The number of ether oxygens (including phenoxy) is 3. The first-order chi connectivity index (χ1) is 9.17. The van der Waals surface area contributed by atoms with Crippen molar-refractivity contribution in [3.05, 3.63) is 28.2 Å². The summed E-state index contributed by atoms with van der Waals surface area (Å²) in [4.78, 5) is 0. The number of halogens is 1. The summed E-state index contributed by atoms with van der Waals surface area (Å²) in [5.74, 6) is 0.838. The Balaban J connectivity index is 2.45. The third kappa shape index (κ3) is 6.38. The van der Waals surface area contributed by atoms with E-state index < -0.39 is 0 Å². The first-order valence-electron chi connectivity index (χ1n) is 6.31. The second-order valence-electron chi connectivity index (χ2n) is 4.29. The predicted octanol–water partition coefficient (Wildman–Crippen LogP) is 2.60. The lowest BCUT2D eigenvalue weighted by Gasteiger charge is -2.13. The van der Waals surface area contributed by atoms with Gasteiger partial charge in [0.05, 0.1) is 17.2 Å². The highest BCUT2D eigenvalue weighted by Crippen LogP contribution is 2.26. The van der Waals surface area contributed by atoms with Crippen LogP contribution in [0, 0.1) is 0 Å². The van der Waals surface area contributed by atoms with Gasteiger partial charge in [-0.2, -0.15) is 0 Å². The quantitative estimate of drug-likeness (QED) is 0.706. The molecule has 1 N–H and O–H groups in total. The summed E-state index contributed by atoms with van der Waals surface area (Å²) in [5, 5.41) is 3.30. The molecule has 0 saturated carbocycles. The molecule has 1 atom stereocenters. The summed E-state index contributed by atoms with van der Waals surface area (Å²) in [7, 11) is 3.38. The molecule has 0 amide bonds. The molecule has 4 nitrogen and oxygen atoms in total. The number of rotatable bonds is 9. The largest absolute Gasteiger partial charge is 0.490 e. The number of hydrogen-bond acceptors (Lipinski definition) is 4. The smallest absolute Gasteiger partial charge is 0.133 e. The topological polar surface area (TPSA) is 39.7 Å². The summed E-state index contributed by atoms with van der Waals surface area (Å²) >= 11 is 3.52. The first kappa shape index (κ1) is 16.4. The average molecular weight is 332 g/mol. The number of hydrogen-bond donors (Lipinski definition) is 1. The maximum atomic E-state index is 5.68. The fraction of sp³-hybridized carbons (Fsp3) is 0.571. The SMILES string of the molecule is COCCNCc1ccc(OCC(C)OC)c(Br)c1. The van der Waals surface area contributed by atoms with E-state index in [1.165, 1.54) is 5.56 Å². The Bertz CT molecular complexity index is 374. The Morgan fingerprint density at radius 2 is 2.11 bits per heavy atom. The van der Waals surface area contributed by atoms with Crippen LogP contribution in [0.15, 0.2) is 22.7 Å². The molecule has 0 fully saturated rings. The molecule has 5 heteroatoms.